The van der Waals surface area contributed by atoms with Gasteiger partial charge in [0.2, 0.25) is 0 Å². The first-order valence-corrected chi connectivity index (χ1v) is 6.33. The monoisotopic (exact) mass is 235 g/mol. The molecule has 0 N–H and O–H groups in total. The predicted molar refractivity (Wildman–Crippen MR) is 76.6 cm³/mol. The first kappa shape index (κ1) is 11.1. The van der Waals surface area contributed by atoms with Crippen molar-refractivity contribution in [3.63, 3.8) is 0 Å². The van der Waals surface area contributed by atoms with Crippen molar-refractivity contribution in [2.45, 2.75) is 19.9 Å². The molecule has 0 radical (unpaired) electrons. The quantitative estimate of drug-likeness (QED) is 0.758. The zero-order valence-electron chi connectivity index (χ0n) is 10.7. The van der Waals surface area contributed by atoms with Gasteiger partial charge in [0, 0.05) is 24.4 Å². The zero-order chi connectivity index (χ0) is 12.5. The van der Waals surface area contributed by atoms with Crippen LogP contribution in [0.4, 0.5) is 5.69 Å². The molecule has 3 rings (SSSR count). The Morgan fingerprint density at radius 1 is 1.11 bits per heavy atom. The van der Waals surface area contributed by atoms with Crippen LogP contribution in [0.25, 0.3) is 0 Å². The first-order chi connectivity index (χ1) is 8.74. The third kappa shape index (κ3) is 1.92. The number of hydrogen-bond donors (Lipinski definition) is 0. The minimum atomic E-state index is 0.912. The van der Waals surface area contributed by atoms with Crippen LogP contribution in [-0.4, -0.2) is 0 Å². The number of anilines is 1. The van der Waals surface area contributed by atoms with Crippen molar-refractivity contribution >= 4 is 5.69 Å². The molecule has 2 aromatic carbocycles. The van der Waals surface area contributed by atoms with Crippen LogP contribution >= 0.6 is 0 Å². The Labute approximate surface area is 108 Å². The fraction of sp³-hybridized carbons (Fsp3) is 0.176. The molecule has 1 aliphatic heterocycles. The van der Waals surface area contributed by atoms with Crippen molar-refractivity contribution in [2.24, 2.45) is 0 Å². The van der Waals surface area contributed by atoms with E-state index in [0.29, 0.717) is 0 Å². The van der Waals surface area contributed by atoms with Crippen molar-refractivity contribution in [1.29, 1.82) is 0 Å². The van der Waals surface area contributed by atoms with Crippen LogP contribution in [0.1, 0.15) is 16.7 Å². The Bertz CT molecular complexity index is 584. The second kappa shape index (κ2) is 4.34. The summed E-state index contributed by atoms with van der Waals surface area (Å²) >= 11 is 0. The fourth-order valence-electron chi connectivity index (χ4n) is 2.57. The molecule has 1 heterocycles. The summed E-state index contributed by atoms with van der Waals surface area (Å²) in [5.41, 5.74) is 6.56. The van der Waals surface area contributed by atoms with Crippen LogP contribution in [0.5, 0.6) is 0 Å². The Kier molecular flexibility index (Phi) is 2.67. The second-order valence-electron chi connectivity index (χ2n) is 4.95. The molecule has 1 aliphatic rings. The summed E-state index contributed by atoms with van der Waals surface area (Å²) in [6.07, 6.45) is 0.976. The molecule has 0 bridgehead atoms. The molecule has 18 heavy (non-hydrogen) atoms. The molecule has 0 aromatic heterocycles. The van der Waals surface area contributed by atoms with Crippen LogP contribution in [0.3, 0.4) is 0 Å². The summed E-state index contributed by atoms with van der Waals surface area (Å²) in [6, 6.07) is 17.2. The van der Waals surface area contributed by atoms with Gasteiger partial charge in [-0.15, -0.1) is 0 Å². The van der Waals surface area contributed by atoms with Crippen molar-refractivity contribution in [2.75, 3.05) is 4.90 Å². The summed E-state index contributed by atoms with van der Waals surface area (Å²) in [5.74, 6) is 0. The van der Waals surface area contributed by atoms with E-state index >= 15 is 0 Å². The average molecular weight is 235 g/mol. The molecule has 0 aliphatic carbocycles. The Morgan fingerprint density at radius 2 is 1.89 bits per heavy atom. The highest BCUT2D eigenvalue weighted by Gasteiger charge is 2.22. The number of rotatable bonds is 2. The molecule has 0 atom stereocenters. The van der Waals surface area contributed by atoms with Gasteiger partial charge in [0.25, 0.3) is 0 Å². The van der Waals surface area contributed by atoms with Crippen LogP contribution in [0.2, 0.25) is 0 Å². The van der Waals surface area contributed by atoms with E-state index in [0.717, 1.165) is 13.0 Å². The maximum absolute atomic E-state index is 4.20. The SMILES string of the molecule is C=C1Cc2cc(C)ccc2N1Cc1ccccc1. The molecule has 0 amide bonds. The Morgan fingerprint density at radius 3 is 2.67 bits per heavy atom. The molecule has 0 spiro atoms. The van der Waals surface area contributed by atoms with Gasteiger partial charge in [-0.05, 0) is 24.1 Å². The molecule has 0 saturated heterocycles. The van der Waals surface area contributed by atoms with Gasteiger partial charge in [-0.1, -0.05) is 54.6 Å². The van der Waals surface area contributed by atoms with E-state index in [-0.39, 0.29) is 0 Å². The second-order valence-corrected chi connectivity index (χ2v) is 4.95. The fourth-order valence-corrected chi connectivity index (χ4v) is 2.57. The lowest BCUT2D eigenvalue weighted by Crippen LogP contribution is -2.17. The summed E-state index contributed by atoms with van der Waals surface area (Å²) in [5, 5.41) is 0. The molecule has 0 fully saturated rings. The van der Waals surface area contributed by atoms with Crippen LogP contribution < -0.4 is 4.90 Å². The number of fused-ring (bicyclic) bond motifs is 1. The molecular formula is C17H17N. The lowest BCUT2D eigenvalue weighted by atomic mass is 10.1. The van der Waals surface area contributed by atoms with Crippen molar-refractivity contribution in [3.8, 4) is 0 Å². The highest BCUT2D eigenvalue weighted by molar-refractivity contribution is 5.65. The van der Waals surface area contributed by atoms with Gasteiger partial charge in [0.05, 0.1) is 0 Å². The van der Waals surface area contributed by atoms with Gasteiger partial charge in [0.1, 0.15) is 0 Å². The molecule has 90 valence electrons. The minimum absolute atomic E-state index is 0.912. The molecule has 2 aromatic rings. The van der Waals surface area contributed by atoms with Gasteiger partial charge in [-0.2, -0.15) is 0 Å². The van der Waals surface area contributed by atoms with Gasteiger partial charge < -0.3 is 4.90 Å². The highest BCUT2D eigenvalue weighted by atomic mass is 15.2. The molecular weight excluding hydrogens is 218 g/mol. The van der Waals surface area contributed by atoms with E-state index in [9.17, 15) is 0 Å². The van der Waals surface area contributed by atoms with Crippen LogP contribution in [0.15, 0.2) is 60.8 Å². The van der Waals surface area contributed by atoms with Gasteiger partial charge in [-0.3, -0.25) is 0 Å². The first-order valence-electron chi connectivity index (χ1n) is 6.33. The standard InChI is InChI=1S/C17H17N/c1-13-8-9-17-16(10-13)11-14(2)18(17)12-15-6-4-3-5-7-15/h3-10H,2,11-12H2,1H3. The molecule has 0 unspecified atom stereocenters. The Balaban J connectivity index is 1.93. The topological polar surface area (TPSA) is 3.24 Å². The lowest BCUT2D eigenvalue weighted by molar-refractivity contribution is 0.930. The average Bonchev–Trinajstić information content (AvgIpc) is 2.66. The number of allylic oxidation sites excluding steroid dienone is 1. The van der Waals surface area contributed by atoms with Gasteiger partial charge in [0.15, 0.2) is 0 Å². The zero-order valence-corrected chi connectivity index (χ0v) is 10.7. The smallest absolute Gasteiger partial charge is 0.0478 e. The van der Waals surface area contributed by atoms with Crippen LogP contribution in [0, 0.1) is 6.92 Å². The van der Waals surface area contributed by atoms with E-state index in [2.05, 4.69) is 66.9 Å². The summed E-state index contributed by atoms with van der Waals surface area (Å²) < 4.78 is 0. The van der Waals surface area contributed by atoms with Gasteiger partial charge in [-0.25, -0.2) is 0 Å². The van der Waals surface area contributed by atoms with Crippen molar-refractivity contribution < 1.29 is 0 Å². The molecule has 1 heteroatoms. The molecule has 0 saturated carbocycles. The summed E-state index contributed by atoms with van der Waals surface area (Å²) in [6.45, 7) is 7.26. The maximum atomic E-state index is 4.20. The number of nitrogens with zero attached hydrogens (tertiary/aromatic N) is 1. The predicted octanol–water partition coefficient (Wildman–Crippen LogP) is 4.07. The van der Waals surface area contributed by atoms with E-state index in [1.807, 2.05) is 0 Å². The number of aryl methyl sites for hydroxylation is 1. The highest BCUT2D eigenvalue weighted by Crippen LogP contribution is 2.35. The third-order valence-electron chi connectivity index (χ3n) is 3.49. The van der Waals surface area contributed by atoms with Gasteiger partial charge >= 0.3 is 0 Å². The third-order valence-corrected chi connectivity index (χ3v) is 3.49. The molecule has 1 nitrogen and oxygen atoms in total. The Hall–Kier alpha value is -2.02. The van der Waals surface area contributed by atoms with E-state index in [4.69, 9.17) is 0 Å². The number of benzene rings is 2. The van der Waals surface area contributed by atoms with E-state index < -0.39 is 0 Å². The lowest BCUT2D eigenvalue weighted by Gasteiger charge is -2.21. The minimum Gasteiger partial charge on any atom is -0.341 e. The normalized spacial score (nSPS) is 13.8. The van der Waals surface area contributed by atoms with E-state index in [1.54, 1.807) is 0 Å². The maximum Gasteiger partial charge on any atom is 0.0478 e. The van der Waals surface area contributed by atoms with Crippen LogP contribution in [-0.2, 0) is 13.0 Å². The number of hydrogen-bond acceptors (Lipinski definition) is 1. The summed E-state index contributed by atoms with van der Waals surface area (Å²) in [7, 11) is 0. The largest absolute Gasteiger partial charge is 0.341 e. The van der Waals surface area contributed by atoms with Crippen molar-refractivity contribution in [1.82, 2.24) is 0 Å². The van der Waals surface area contributed by atoms with Crippen molar-refractivity contribution in [3.05, 3.63) is 77.5 Å². The van der Waals surface area contributed by atoms with E-state index in [1.165, 1.54) is 28.1 Å². The summed E-state index contributed by atoms with van der Waals surface area (Å²) in [4.78, 5) is 2.32.